The van der Waals surface area contributed by atoms with Gasteiger partial charge in [0, 0.05) is 37.7 Å². The fourth-order valence-corrected chi connectivity index (χ4v) is 2.60. The molecule has 1 aromatic carbocycles. The fraction of sp³-hybridized carbons (Fsp3) is 0.500. The zero-order valence-corrected chi connectivity index (χ0v) is 11.2. The van der Waals surface area contributed by atoms with Crippen molar-refractivity contribution in [1.29, 1.82) is 0 Å². The van der Waals surface area contributed by atoms with Crippen molar-refractivity contribution in [3.8, 4) is 5.75 Å². The normalized spacial score (nSPS) is 21.3. The lowest BCUT2D eigenvalue weighted by molar-refractivity contribution is -0.119. The van der Waals surface area contributed by atoms with E-state index in [9.17, 15) is 14.3 Å². The van der Waals surface area contributed by atoms with Gasteiger partial charge in [-0.2, -0.15) is 0 Å². The van der Waals surface area contributed by atoms with E-state index >= 15 is 0 Å². The maximum atomic E-state index is 13.3. The number of carbonyl (C=O) groups is 1. The number of likely N-dealkylation sites (tertiary alicyclic amines) is 1. The van der Waals surface area contributed by atoms with Crippen molar-refractivity contribution in [3.05, 3.63) is 29.6 Å². The number of rotatable bonds is 3. The minimum Gasteiger partial charge on any atom is -0.508 e. The molecular weight excluding hydrogens is 247 g/mol. The highest BCUT2D eigenvalue weighted by Crippen LogP contribution is 2.31. The average molecular weight is 266 g/mol. The molecule has 1 heterocycles. The quantitative estimate of drug-likeness (QED) is 0.877. The van der Waals surface area contributed by atoms with Gasteiger partial charge < -0.3 is 10.4 Å². The number of benzene rings is 1. The molecule has 1 amide bonds. The van der Waals surface area contributed by atoms with E-state index in [1.807, 2.05) is 6.92 Å². The molecule has 0 bridgehead atoms. The first-order valence-electron chi connectivity index (χ1n) is 6.47. The van der Waals surface area contributed by atoms with Gasteiger partial charge in [-0.25, -0.2) is 4.39 Å². The molecular formula is C14H19FN2O2. The van der Waals surface area contributed by atoms with Gasteiger partial charge >= 0.3 is 0 Å². The van der Waals surface area contributed by atoms with Crippen LogP contribution in [0.4, 0.5) is 4.39 Å². The molecule has 1 aliphatic rings. The van der Waals surface area contributed by atoms with E-state index in [4.69, 9.17) is 0 Å². The Morgan fingerprint density at radius 3 is 3.00 bits per heavy atom. The van der Waals surface area contributed by atoms with Crippen LogP contribution >= 0.6 is 0 Å². The lowest BCUT2D eigenvalue weighted by atomic mass is 10.1. The number of nitrogens with zero attached hydrogens (tertiary/aromatic N) is 1. The van der Waals surface area contributed by atoms with Gasteiger partial charge in [0.25, 0.3) is 0 Å². The van der Waals surface area contributed by atoms with Gasteiger partial charge in [-0.1, -0.05) is 0 Å². The highest BCUT2D eigenvalue weighted by Gasteiger charge is 2.28. The van der Waals surface area contributed by atoms with Gasteiger partial charge in [0.05, 0.1) is 0 Å². The molecule has 4 nitrogen and oxygen atoms in total. The standard InChI is InChI=1S/C14H19FN2O2/c1-9(13-7-11(15)3-4-14(13)19)17-6-5-12(8-17)16-10(2)18/h3-4,7,9,12,19H,5-6,8H2,1-2H3,(H,16,18). The largest absolute Gasteiger partial charge is 0.508 e. The van der Waals surface area contributed by atoms with E-state index in [0.717, 1.165) is 19.5 Å². The maximum absolute atomic E-state index is 13.3. The lowest BCUT2D eigenvalue weighted by Crippen LogP contribution is -2.36. The summed E-state index contributed by atoms with van der Waals surface area (Å²) >= 11 is 0. The highest BCUT2D eigenvalue weighted by atomic mass is 19.1. The van der Waals surface area contributed by atoms with Gasteiger partial charge in [0.1, 0.15) is 11.6 Å². The third-order valence-corrected chi connectivity index (χ3v) is 3.61. The number of nitrogens with one attached hydrogen (secondary N) is 1. The minimum absolute atomic E-state index is 0.0342. The zero-order valence-electron chi connectivity index (χ0n) is 11.2. The molecule has 1 aromatic rings. The van der Waals surface area contributed by atoms with Crippen molar-refractivity contribution in [2.45, 2.75) is 32.4 Å². The predicted octanol–water partition coefficient (Wildman–Crippen LogP) is 1.80. The van der Waals surface area contributed by atoms with Crippen LogP contribution in [-0.4, -0.2) is 35.0 Å². The van der Waals surface area contributed by atoms with E-state index in [2.05, 4.69) is 10.2 Å². The van der Waals surface area contributed by atoms with Crippen LogP contribution in [0.2, 0.25) is 0 Å². The number of hydrogen-bond acceptors (Lipinski definition) is 3. The Balaban J connectivity index is 2.06. The van der Waals surface area contributed by atoms with E-state index in [1.54, 1.807) is 0 Å². The van der Waals surface area contributed by atoms with Crippen LogP contribution in [0.1, 0.15) is 31.9 Å². The van der Waals surface area contributed by atoms with Crippen molar-refractivity contribution < 1.29 is 14.3 Å². The summed E-state index contributed by atoms with van der Waals surface area (Å²) in [5.41, 5.74) is 0.587. The molecule has 2 rings (SSSR count). The molecule has 104 valence electrons. The van der Waals surface area contributed by atoms with Gasteiger partial charge in [-0.15, -0.1) is 0 Å². The molecule has 5 heteroatoms. The third kappa shape index (κ3) is 3.23. The van der Waals surface area contributed by atoms with Crippen molar-refractivity contribution in [2.24, 2.45) is 0 Å². The van der Waals surface area contributed by atoms with E-state index in [0.29, 0.717) is 5.56 Å². The van der Waals surface area contributed by atoms with Gasteiger partial charge in [0.2, 0.25) is 5.91 Å². The number of halogens is 1. The average Bonchev–Trinajstić information content (AvgIpc) is 2.79. The van der Waals surface area contributed by atoms with Crippen LogP contribution in [0.3, 0.4) is 0 Å². The molecule has 2 atom stereocenters. The lowest BCUT2D eigenvalue weighted by Gasteiger charge is -2.25. The van der Waals surface area contributed by atoms with Gasteiger partial charge in [-0.05, 0) is 31.5 Å². The van der Waals surface area contributed by atoms with E-state index in [-0.39, 0.29) is 29.6 Å². The van der Waals surface area contributed by atoms with Crippen LogP contribution < -0.4 is 5.32 Å². The van der Waals surface area contributed by atoms with Crippen LogP contribution in [0, 0.1) is 5.82 Å². The molecule has 1 saturated heterocycles. The molecule has 0 spiro atoms. The number of hydrogen-bond donors (Lipinski definition) is 2. The summed E-state index contributed by atoms with van der Waals surface area (Å²) in [5, 5.41) is 12.7. The molecule has 0 radical (unpaired) electrons. The maximum Gasteiger partial charge on any atom is 0.217 e. The van der Waals surface area contributed by atoms with Crippen LogP contribution in [0.25, 0.3) is 0 Å². The van der Waals surface area contributed by atoms with Crippen molar-refractivity contribution in [3.63, 3.8) is 0 Å². The topological polar surface area (TPSA) is 52.6 Å². The van der Waals surface area contributed by atoms with E-state index in [1.165, 1.54) is 25.1 Å². The second kappa shape index (κ2) is 5.57. The number of aromatic hydroxyl groups is 1. The Labute approximate surface area is 112 Å². The van der Waals surface area contributed by atoms with E-state index < -0.39 is 0 Å². The van der Waals surface area contributed by atoms with Crippen molar-refractivity contribution >= 4 is 5.91 Å². The second-order valence-corrected chi connectivity index (χ2v) is 5.06. The number of phenols is 1. The second-order valence-electron chi connectivity index (χ2n) is 5.06. The predicted molar refractivity (Wildman–Crippen MR) is 70.3 cm³/mol. The third-order valence-electron chi connectivity index (χ3n) is 3.61. The monoisotopic (exact) mass is 266 g/mol. The number of phenolic OH excluding ortho intramolecular Hbond substituents is 1. The summed E-state index contributed by atoms with van der Waals surface area (Å²) in [6.07, 6.45) is 0.875. The summed E-state index contributed by atoms with van der Waals surface area (Å²) in [5.74, 6) is -0.276. The first-order valence-corrected chi connectivity index (χ1v) is 6.47. The Kier molecular flexibility index (Phi) is 4.04. The van der Waals surface area contributed by atoms with Gasteiger partial charge in [-0.3, -0.25) is 9.69 Å². The fourth-order valence-electron chi connectivity index (χ4n) is 2.60. The Morgan fingerprint density at radius 2 is 2.32 bits per heavy atom. The molecule has 19 heavy (non-hydrogen) atoms. The van der Waals surface area contributed by atoms with Gasteiger partial charge in [0.15, 0.2) is 0 Å². The van der Waals surface area contributed by atoms with Crippen molar-refractivity contribution in [1.82, 2.24) is 10.2 Å². The summed E-state index contributed by atoms with van der Waals surface area (Å²) < 4.78 is 13.3. The zero-order chi connectivity index (χ0) is 14.0. The molecule has 0 aliphatic carbocycles. The van der Waals surface area contributed by atoms with Crippen LogP contribution in [-0.2, 0) is 4.79 Å². The smallest absolute Gasteiger partial charge is 0.217 e. The summed E-state index contributed by atoms with van der Waals surface area (Å²) in [4.78, 5) is 13.2. The molecule has 0 aromatic heterocycles. The highest BCUT2D eigenvalue weighted by molar-refractivity contribution is 5.73. The van der Waals surface area contributed by atoms with Crippen LogP contribution in [0.5, 0.6) is 5.75 Å². The first kappa shape index (κ1) is 13.8. The first-order chi connectivity index (χ1) is 8.97. The molecule has 2 unspecified atom stereocenters. The summed E-state index contributed by atoms with van der Waals surface area (Å²) in [6.45, 7) is 4.98. The number of carbonyl (C=O) groups excluding carboxylic acids is 1. The Bertz CT molecular complexity index is 479. The molecule has 2 N–H and O–H groups in total. The minimum atomic E-state index is -0.350. The van der Waals surface area contributed by atoms with Crippen molar-refractivity contribution in [2.75, 3.05) is 13.1 Å². The Morgan fingerprint density at radius 1 is 1.58 bits per heavy atom. The summed E-state index contributed by atoms with van der Waals surface area (Å²) in [6, 6.07) is 4.05. The molecule has 1 fully saturated rings. The Hall–Kier alpha value is -1.62. The molecule has 1 aliphatic heterocycles. The summed E-state index contributed by atoms with van der Waals surface area (Å²) in [7, 11) is 0. The van der Waals surface area contributed by atoms with Crippen LogP contribution in [0.15, 0.2) is 18.2 Å². The molecule has 0 saturated carbocycles. The number of amides is 1. The SMILES string of the molecule is CC(=O)NC1CCN(C(C)c2cc(F)ccc2O)C1.